The van der Waals surface area contributed by atoms with Crippen molar-refractivity contribution in [2.45, 2.75) is 25.9 Å². The van der Waals surface area contributed by atoms with Crippen molar-refractivity contribution in [3.63, 3.8) is 0 Å². The summed E-state index contributed by atoms with van der Waals surface area (Å²) in [6.45, 7) is 8.09. The second-order valence-corrected chi connectivity index (χ2v) is 10.3. The first-order chi connectivity index (χ1) is 19.2. The highest BCUT2D eigenvalue weighted by molar-refractivity contribution is 6.06. The number of amides is 1. The normalized spacial score (nSPS) is 19.9. The van der Waals surface area contributed by atoms with Crippen LogP contribution in [0.25, 0.3) is 11.1 Å². The lowest BCUT2D eigenvalue weighted by molar-refractivity contribution is 0.102. The monoisotopic (exact) mass is 552 g/mol. The van der Waals surface area contributed by atoms with E-state index in [1.165, 1.54) is 25.3 Å². The first-order valence-corrected chi connectivity index (χ1v) is 13.3. The predicted octanol–water partition coefficient (Wildman–Crippen LogP) is 4.05. The predicted molar refractivity (Wildman–Crippen MR) is 150 cm³/mol. The standard InChI is InChI=1S/C29H34F2N6O3/c1-18-16-37(17-19(2)35(18)3)27-13-25(31)24(21-14-32-29(33-15-21)36-5-7-40-8-6-36)12-26(27)34-28(38)20-9-22(30)11-23(10-20)39-4/h9-15,18-19H,5-8,16-17H2,1-4H3,(H,34,38). The SMILES string of the molecule is COc1cc(F)cc(C(=O)Nc2cc(-c3cnc(N4CCOCC4)nc3)c(F)cc2N2CC(C)N(C)C(C)C2)c1. The van der Waals surface area contributed by atoms with E-state index in [2.05, 4.69) is 46.0 Å². The van der Waals surface area contributed by atoms with Crippen LogP contribution < -0.4 is 19.9 Å². The number of ether oxygens (including phenoxy) is 2. The average molecular weight is 553 g/mol. The van der Waals surface area contributed by atoms with Crippen LogP contribution in [0.5, 0.6) is 5.75 Å². The summed E-state index contributed by atoms with van der Waals surface area (Å²) in [6.07, 6.45) is 3.16. The molecule has 1 amide bonds. The van der Waals surface area contributed by atoms with Crippen molar-refractivity contribution in [3.8, 4) is 16.9 Å². The summed E-state index contributed by atoms with van der Waals surface area (Å²) < 4.78 is 40.4. The smallest absolute Gasteiger partial charge is 0.255 e. The van der Waals surface area contributed by atoms with Crippen LogP contribution in [0.3, 0.4) is 0 Å². The van der Waals surface area contributed by atoms with E-state index in [4.69, 9.17) is 9.47 Å². The molecule has 2 fully saturated rings. The lowest BCUT2D eigenvalue weighted by Crippen LogP contribution is -2.55. The Morgan fingerprint density at radius 3 is 2.33 bits per heavy atom. The van der Waals surface area contributed by atoms with E-state index in [-0.39, 0.29) is 29.0 Å². The highest BCUT2D eigenvalue weighted by Gasteiger charge is 2.29. The molecule has 212 valence electrons. The molecule has 9 nitrogen and oxygen atoms in total. The molecule has 0 radical (unpaired) electrons. The molecule has 1 aromatic heterocycles. The lowest BCUT2D eigenvalue weighted by Gasteiger charge is -2.44. The number of carbonyl (C=O) groups excluding carboxylic acids is 1. The zero-order chi connectivity index (χ0) is 28.4. The van der Waals surface area contributed by atoms with Crippen LogP contribution in [0.15, 0.2) is 42.7 Å². The summed E-state index contributed by atoms with van der Waals surface area (Å²) in [6, 6.07) is 7.26. The second-order valence-electron chi connectivity index (χ2n) is 10.3. The topological polar surface area (TPSA) is 83.1 Å². The first-order valence-electron chi connectivity index (χ1n) is 13.3. The van der Waals surface area contributed by atoms with Gasteiger partial charge in [-0.1, -0.05) is 0 Å². The van der Waals surface area contributed by atoms with Gasteiger partial charge in [-0.05, 0) is 45.2 Å². The number of methoxy groups -OCH3 is 1. The van der Waals surface area contributed by atoms with Gasteiger partial charge >= 0.3 is 0 Å². The molecule has 0 aliphatic carbocycles. The molecular formula is C29H34F2N6O3. The van der Waals surface area contributed by atoms with Crippen molar-refractivity contribution < 1.29 is 23.0 Å². The Morgan fingerprint density at radius 1 is 1.00 bits per heavy atom. The van der Waals surface area contributed by atoms with Crippen molar-refractivity contribution in [2.75, 3.05) is 68.7 Å². The fourth-order valence-corrected chi connectivity index (χ4v) is 5.14. The van der Waals surface area contributed by atoms with Crippen molar-refractivity contribution in [1.82, 2.24) is 14.9 Å². The molecule has 1 N–H and O–H groups in total. The van der Waals surface area contributed by atoms with Crippen LogP contribution in [0.4, 0.5) is 26.1 Å². The van der Waals surface area contributed by atoms with E-state index >= 15 is 4.39 Å². The maximum absolute atomic E-state index is 15.7. The number of aromatic nitrogens is 2. The van der Waals surface area contributed by atoms with Gasteiger partial charge in [0.05, 0.1) is 31.7 Å². The lowest BCUT2D eigenvalue weighted by atomic mass is 10.0. The summed E-state index contributed by atoms with van der Waals surface area (Å²) in [4.78, 5) is 28.6. The van der Waals surface area contributed by atoms with Crippen LogP contribution in [-0.2, 0) is 4.74 Å². The molecule has 3 aromatic rings. The number of rotatable bonds is 6. The van der Waals surface area contributed by atoms with Crippen LogP contribution in [0.2, 0.25) is 0 Å². The minimum Gasteiger partial charge on any atom is -0.497 e. The Bertz CT molecular complexity index is 1350. The first kappa shape index (κ1) is 27.7. The highest BCUT2D eigenvalue weighted by atomic mass is 19.1. The van der Waals surface area contributed by atoms with Crippen molar-refractivity contribution in [3.05, 3.63) is 59.9 Å². The molecule has 5 rings (SSSR count). The minimum absolute atomic E-state index is 0.0898. The highest BCUT2D eigenvalue weighted by Crippen LogP contribution is 2.36. The Balaban J connectivity index is 1.51. The minimum atomic E-state index is -0.594. The van der Waals surface area contributed by atoms with E-state index < -0.39 is 17.5 Å². The molecule has 0 saturated carbocycles. The van der Waals surface area contributed by atoms with Gasteiger partial charge in [-0.15, -0.1) is 0 Å². The zero-order valence-electron chi connectivity index (χ0n) is 23.2. The van der Waals surface area contributed by atoms with Gasteiger partial charge in [-0.25, -0.2) is 18.7 Å². The summed E-state index contributed by atoms with van der Waals surface area (Å²) in [7, 11) is 3.47. The number of hydrogen-bond acceptors (Lipinski definition) is 8. The number of likely N-dealkylation sites (N-methyl/N-ethyl adjacent to an activating group) is 1. The van der Waals surface area contributed by atoms with E-state index in [1.807, 2.05) is 4.90 Å². The molecule has 40 heavy (non-hydrogen) atoms. The molecule has 2 aliphatic heterocycles. The molecule has 3 heterocycles. The van der Waals surface area contributed by atoms with Gasteiger partial charge in [0.1, 0.15) is 17.4 Å². The number of morpholine rings is 1. The summed E-state index contributed by atoms with van der Waals surface area (Å²) in [5.41, 5.74) is 1.78. The molecule has 11 heteroatoms. The maximum atomic E-state index is 15.7. The second kappa shape index (κ2) is 11.7. The number of carbonyl (C=O) groups is 1. The van der Waals surface area contributed by atoms with Crippen molar-refractivity contribution >= 4 is 23.2 Å². The van der Waals surface area contributed by atoms with E-state index in [1.54, 1.807) is 18.5 Å². The summed E-state index contributed by atoms with van der Waals surface area (Å²) in [5, 5.41) is 2.90. The van der Waals surface area contributed by atoms with Crippen LogP contribution >= 0.6 is 0 Å². The van der Waals surface area contributed by atoms with Gasteiger partial charge in [0.25, 0.3) is 5.91 Å². The summed E-state index contributed by atoms with van der Waals surface area (Å²) >= 11 is 0. The molecule has 2 unspecified atom stereocenters. The zero-order valence-corrected chi connectivity index (χ0v) is 23.2. The number of halogens is 2. The van der Waals surface area contributed by atoms with E-state index in [9.17, 15) is 9.18 Å². The third-order valence-electron chi connectivity index (χ3n) is 7.65. The third-order valence-corrected chi connectivity index (χ3v) is 7.65. The fraction of sp³-hybridized carbons (Fsp3) is 0.414. The van der Waals surface area contributed by atoms with Gasteiger partial charge in [-0.2, -0.15) is 0 Å². The largest absolute Gasteiger partial charge is 0.497 e. The van der Waals surface area contributed by atoms with Crippen LogP contribution in [-0.4, -0.2) is 86.4 Å². The number of anilines is 3. The van der Waals surface area contributed by atoms with Gasteiger partial charge in [0, 0.05) is 73.4 Å². The molecule has 2 atom stereocenters. The van der Waals surface area contributed by atoms with Gasteiger partial charge in [0.15, 0.2) is 0 Å². The van der Waals surface area contributed by atoms with Crippen LogP contribution in [0, 0.1) is 11.6 Å². The third kappa shape index (κ3) is 5.85. The molecule has 0 bridgehead atoms. The Kier molecular flexibility index (Phi) is 8.13. The van der Waals surface area contributed by atoms with Crippen molar-refractivity contribution in [2.24, 2.45) is 0 Å². The Hall–Kier alpha value is -3.83. The average Bonchev–Trinajstić information content (AvgIpc) is 2.96. The molecule has 2 aromatic carbocycles. The molecule has 0 spiro atoms. The Labute approximate surface area is 232 Å². The molecule has 2 aliphatic rings. The fourth-order valence-electron chi connectivity index (χ4n) is 5.14. The van der Waals surface area contributed by atoms with E-state index in [0.29, 0.717) is 62.3 Å². The van der Waals surface area contributed by atoms with Gasteiger partial charge < -0.3 is 24.6 Å². The molecular weight excluding hydrogens is 518 g/mol. The number of hydrogen-bond donors (Lipinski definition) is 1. The quantitative estimate of drug-likeness (QED) is 0.491. The number of nitrogens with zero attached hydrogens (tertiary/aromatic N) is 5. The van der Waals surface area contributed by atoms with Gasteiger partial charge in [-0.3, -0.25) is 9.69 Å². The molecule has 2 saturated heterocycles. The van der Waals surface area contributed by atoms with Gasteiger partial charge in [0.2, 0.25) is 5.95 Å². The van der Waals surface area contributed by atoms with E-state index in [0.717, 1.165) is 6.07 Å². The maximum Gasteiger partial charge on any atom is 0.255 e. The number of benzene rings is 2. The van der Waals surface area contributed by atoms with Crippen LogP contribution in [0.1, 0.15) is 24.2 Å². The number of nitrogens with one attached hydrogen (secondary N) is 1. The van der Waals surface area contributed by atoms with Crippen molar-refractivity contribution in [1.29, 1.82) is 0 Å². The summed E-state index contributed by atoms with van der Waals surface area (Å²) in [5.74, 6) is -0.806. The number of piperazine rings is 1. The Morgan fingerprint density at radius 2 is 1.68 bits per heavy atom.